The van der Waals surface area contributed by atoms with Crippen LogP contribution in [0.1, 0.15) is 23.6 Å². The van der Waals surface area contributed by atoms with Gasteiger partial charge in [0.05, 0.1) is 20.8 Å². The Morgan fingerprint density at radius 1 is 0.815 bits per heavy atom. The van der Waals surface area contributed by atoms with E-state index < -0.39 is 5.60 Å². The Labute approximate surface area is 160 Å². The van der Waals surface area contributed by atoms with Crippen LogP contribution >= 0.6 is 0 Å². The molecular weight excluding hydrogens is 336 g/mol. The Bertz CT molecular complexity index is 932. The van der Waals surface area contributed by atoms with Gasteiger partial charge in [-0.3, -0.25) is 0 Å². The maximum Gasteiger partial charge on any atom is 0.161 e. The third-order valence-corrected chi connectivity index (χ3v) is 5.43. The highest BCUT2D eigenvalue weighted by atomic mass is 16.5. The summed E-state index contributed by atoms with van der Waals surface area (Å²) in [6.07, 6.45) is 0.868. The molecule has 0 saturated carbocycles. The molecule has 0 spiro atoms. The molecule has 0 N–H and O–H groups in total. The molecule has 0 aromatic heterocycles. The normalized spacial score (nSPS) is 18.6. The lowest BCUT2D eigenvalue weighted by atomic mass is 9.81. The molecule has 0 saturated heterocycles. The molecule has 0 amide bonds. The highest BCUT2D eigenvalue weighted by Crippen LogP contribution is 2.43. The average molecular weight is 360 g/mol. The lowest BCUT2D eigenvalue weighted by Gasteiger charge is -2.37. The van der Waals surface area contributed by atoms with Gasteiger partial charge in [-0.05, 0) is 53.3 Å². The van der Waals surface area contributed by atoms with Gasteiger partial charge in [-0.2, -0.15) is 0 Å². The molecule has 0 aliphatic carbocycles. The van der Waals surface area contributed by atoms with Crippen LogP contribution in [0.15, 0.2) is 66.7 Å². The Balaban J connectivity index is 1.76. The van der Waals surface area contributed by atoms with Gasteiger partial charge in [0.1, 0.15) is 5.60 Å². The monoisotopic (exact) mass is 360 g/mol. The van der Waals surface area contributed by atoms with E-state index >= 15 is 0 Å². The standard InChI is InChI=1S/C24H24O3/c1-24(20-11-9-18(10-12-20)17-7-5-4-6-8-17)21-16-23(26-3)22(25-2)15-19(21)13-14-27-24/h4-12,15-16H,13-14H2,1-3H3. The zero-order chi connectivity index (χ0) is 18.9. The van der Waals surface area contributed by atoms with E-state index in [1.54, 1.807) is 14.2 Å². The van der Waals surface area contributed by atoms with Crippen molar-refractivity contribution in [1.29, 1.82) is 0 Å². The van der Waals surface area contributed by atoms with E-state index in [0.717, 1.165) is 29.0 Å². The highest BCUT2D eigenvalue weighted by molar-refractivity contribution is 5.64. The average Bonchev–Trinajstić information content (AvgIpc) is 2.74. The molecule has 1 aliphatic rings. The van der Waals surface area contributed by atoms with Crippen LogP contribution in [0.4, 0.5) is 0 Å². The second-order valence-corrected chi connectivity index (χ2v) is 6.94. The van der Waals surface area contributed by atoms with Gasteiger partial charge < -0.3 is 14.2 Å². The second-order valence-electron chi connectivity index (χ2n) is 6.94. The SMILES string of the molecule is COc1cc2c(cc1OC)C(C)(c1ccc(-c3ccccc3)cc1)OCC2. The van der Waals surface area contributed by atoms with Crippen LogP contribution in [0.2, 0.25) is 0 Å². The fourth-order valence-electron chi connectivity index (χ4n) is 3.87. The molecule has 0 fully saturated rings. The van der Waals surface area contributed by atoms with E-state index in [4.69, 9.17) is 14.2 Å². The predicted molar refractivity (Wildman–Crippen MR) is 108 cm³/mol. The van der Waals surface area contributed by atoms with E-state index in [9.17, 15) is 0 Å². The summed E-state index contributed by atoms with van der Waals surface area (Å²) in [5, 5.41) is 0. The molecule has 1 atom stereocenters. The zero-order valence-corrected chi connectivity index (χ0v) is 16.0. The molecule has 1 aliphatic heterocycles. The molecular formula is C24H24O3. The summed E-state index contributed by atoms with van der Waals surface area (Å²) in [6, 6.07) is 23.2. The summed E-state index contributed by atoms with van der Waals surface area (Å²) in [7, 11) is 3.34. The van der Waals surface area contributed by atoms with Crippen molar-refractivity contribution in [3.05, 3.63) is 83.4 Å². The highest BCUT2D eigenvalue weighted by Gasteiger charge is 2.36. The van der Waals surface area contributed by atoms with Gasteiger partial charge >= 0.3 is 0 Å². The molecule has 4 rings (SSSR count). The van der Waals surface area contributed by atoms with Crippen LogP contribution < -0.4 is 9.47 Å². The summed E-state index contributed by atoms with van der Waals surface area (Å²) in [6.45, 7) is 2.81. The van der Waals surface area contributed by atoms with Crippen LogP contribution in [-0.4, -0.2) is 20.8 Å². The van der Waals surface area contributed by atoms with Crippen molar-refractivity contribution < 1.29 is 14.2 Å². The first-order valence-electron chi connectivity index (χ1n) is 9.21. The van der Waals surface area contributed by atoms with E-state index in [2.05, 4.69) is 67.6 Å². The van der Waals surface area contributed by atoms with Gasteiger partial charge in [-0.1, -0.05) is 54.6 Å². The first-order chi connectivity index (χ1) is 13.2. The Morgan fingerprint density at radius 2 is 1.44 bits per heavy atom. The lowest BCUT2D eigenvalue weighted by molar-refractivity contribution is -0.0143. The topological polar surface area (TPSA) is 27.7 Å². The Morgan fingerprint density at radius 3 is 2.11 bits per heavy atom. The molecule has 138 valence electrons. The summed E-state index contributed by atoms with van der Waals surface area (Å²) in [4.78, 5) is 0. The molecule has 1 heterocycles. The van der Waals surface area contributed by atoms with Crippen LogP contribution in [0, 0.1) is 0 Å². The molecule has 3 heteroatoms. The molecule has 1 unspecified atom stereocenters. The number of benzene rings is 3. The predicted octanol–water partition coefficient (Wildman–Crippen LogP) is 5.21. The molecule has 27 heavy (non-hydrogen) atoms. The van der Waals surface area contributed by atoms with E-state index in [0.29, 0.717) is 6.61 Å². The quantitative estimate of drug-likeness (QED) is 0.639. The molecule has 3 aromatic carbocycles. The third kappa shape index (κ3) is 3.08. The van der Waals surface area contributed by atoms with Crippen LogP contribution in [0.5, 0.6) is 11.5 Å². The first kappa shape index (κ1) is 17.6. The summed E-state index contributed by atoms with van der Waals surface area (Å²) >= 11 is 0. The Hall–Kier alpha value is -2.78. The minimum Gasteiger partial charge on any atom is -0.493 e. The van der Waals surface area contributed by atoms with Crippen LogP contribution in [0.3, 0.4) is 0 Å². The molecule has 3 nitrogen and oxygen atoms in total. The van der Waals surface area contributed by atoms with E-state index in [1.165, 1.54) is 16.7 Å². The fraction of sp³-hybridized carbons (Fsp3) is 0.250. The number of hydrogen-bond donors (Lipinski definition) is 0. The number of ether oxygens (including phenoxy) is 3. The zero-order valence-electron chi connectivity index (χ0n) is 16.0. The van der Waals surface area contributed by atoms with E-state index in [-0.39, 0.29) is 0 Å². The smallest absolute Gasteiger partial charge is 0.161 e. The van der Waals surface area contributed by atoms with Gasteiger partial charge in [-0.15, -0.1) is 0 Å². The van der Waals surface area contributed by atoms with Gasteiger partial charge in [0, 0.05) is 0 Å². The van der Waals surface area contributed by atoms with Crippen molar-refractivity contribution in [3.63, 3.8) is 0 Å². The largest absolute Gasteiger partial charge is 0.493 e. The van der Waals surface area contributed by atoms with Gasteiger partial charge in [0.25, 0.3) is 0 Å². The number of fused-ring (bicyclic) bond motifs is 1. The van der Waals surface area contributed by atoms with Crippen LogP contribution in [0.25, 0.3) is 11.1 Å². The molecule has 3 aromatic rings. The lowest BCUT2D eigenvalue weighted by Crippen LogP contribution is -2.33. The maximum atomic E-state index is 6.30. The third-order valence-electron chi connectivity index (χ3n) is 5.43. The van der Waals surface area contributed by atoms with Crippen molar-refractivity contribution in [2.45, 2.75) is 18.9 Å². The van der Waals surface area contributed by atoms with Crippen molar-refractivity contribution in [2.75, 3.05) is 20.8 Å². The van der Waals surface area contributed by atoms with Gasteiger partial charge in [-0.25, -0.2) is 0 Å². The molecule has 0 radical (unpaired) electrons. The van der Waals surface area contributed by atoms with Crippen molar-refractivity contribution in [2.24, 2.45) is 0 Å². The second kappa shape index (κ2) is 7.09. The van der Waals surface area contributed by atoms with Crippen LogP contribution in [-0.2, 0) is 16.8 Å². The molecule has 0 bridgehead atoms. The van der Waals surface area contributed by atoms with Crippen molar-refractivity contribution in [3.8, 4) is 22.6 Å². The summed E-state index contributed by atoms with van der Waals surface area (Å²) in [5.74, 6) is 1.49. The van der Waals surface area contributed by atoms with Crippen molar-refractivity contribution in [1.82, 2.24) is 0 Å². The Kier molecular flexibility index (Phi) is 4.63. The number of rotatable bonds is 4. The first-order valence-corrected chi connectivity index (χ1v) is 9.21. The maximum absolute atomic E-state index is 6.30. The van der Waals surface area contributed by atoms with Crippen molar-refractivity contribution >= 4 is 0 Å². The van der Waals surface area contributed by atoms with Gasteiger partial charge in [0.15, 0.2) is 11.5 Å². The number of methoxy groups -OCH3 is 2. The summed E-state index contributed by atoms with van der Waals surface area (Å²) in [5.41, 5.74) is 5.42. The van der Waals surface area contributed by atoms with E-state index in [1.807, 2.05) is 6.07 Å². The minimum atomic E-state index is -0.512. The summed E-state index contributed by atoms with van der Waals surface area (Å²) < 4.78 is 17.3. The minimum absolute atomic E-state index is 0.512. The fourth-order valence-corrected chi connectivity index (χ4v) is 3.87. The number of hydrogen-bond acceptors (Lipinski definition) is 3. The van der Waals surface area contributed by atoms with Gasteiger partial charge in [0.2, 0.25) is 0 Å².